The molecule has 28 heavy (non-hydrogen) atoms. The van der Waals surface area contributed by atoms with Crippen molar-refractivity contribution in [2.75, 3.05) is 5.32 Å². The fourth-order valence-corrected chi connectivity index (χ4v) is 3.51. The summed E-state index contributed by atoms with van der Waals surface area (Å²) < 4.78 is 2.06. The zero-order valence-electron chi connectivity index (χ0n) is 16.5. The Labute approximate surface area is 170 Å². The van der Waals surface area contributed by atoms with Gasteiger partial charge in [0.1, 0.15) is 11.5 Å². The summed E-state index contributed by atoms with van der Waals surface area (Å²) in [5.41, 5.74) is 6.21. The molecule has 0 amide bonds. The van der Waals surface area contributed by atoms with Gasteiger partial charge in [-0.15, -0.1) is 0 Å². The zero-order valence-corrected chi connectivity index (χ0v) is 17.2. The molecular formula is C23H23ClN4. The summed E-state index contributed by atoms with van der Waals surface area (Å²) in [6.45, 7) is 8.45. The molecule has 2 aromatic carbocycles. The topological polar surface area (TPSA) is 42.2 Å². The van der Waals surface area contributed by atoms with E-state index in [0.29, 0.717) is 16.7 Å². The summed E-state index contributed by atoms with van der Waals surface area (Å²) in [6.07, 6.45) is 0. The number of hydrogen-bond acceptors (Lipinski definition) is 3. The average Bonchev–Trinajstić information content (AvgIpc) is 3.01. The van der Waals surface area contributed by atoms with Gasteiger partial charge in [-0.3, -0.25) is 4.40 Å². The van der Waals surface area contributed by atoms with E-state index in [2.05, 4.69) is 65.8 Å². The quantitative estimate of drug-likeness (QED) is 0.430. The fourth-order valence-electron chi connectivity index (χ4n) is 3.39. The largest absolute Gasteiger partial charge is 0.339 e. The van der Waals surface area contributed by atoms with Crippen LogP contribution < -0.4 is 5.32 Å². The van der Waals surface area contributed by atoms with Crippen LogP contribution in [0.5, 0.6) is 0 Å². The number of aryl methyl sites for hydroxylation is 2. The van der Waals surface area contributed by atoms with E-state index in [-0.39, 0.29) is 0 Å². The highest BCUT2D eigenvalue weighted by Crippen LogP contribution is 2.32. The van der Waals surface area contributed by atoms with Crippen molar-refractivity contribution in [2.45, 2.75) is 33.6 Å². The van der Waals surface area contributed by atoms with Gasteiger partial charge in [0.15, 0.2) is 0 Å². The Morgan fingerprint density at radius 2 is 1.61 bits per heavy atom. The van der Waals surface area contributed by atoms with Crippen molar-refractivity contribution >= 4 is 28.9 Å². The second-order valence-electron chi connectivity index (χ2n) is 7.39. The Bertz CT molecular complexity index is 1130. The van der Waals surface area contributed by atoms with Gasteiger partial charge in [0, 0.05) is 27.7 Å². The predicted molar refractivity (Wildman–Crippen MR) is 117 cm³/mol. The van der Waals surface area contributed by atoms with Crippen LogP contribution in [0.15, 0.2) is 54.6 Å². The van der Waals surface area contributed by atoms with Crippen molar-refractivity contribution in [3.05, 3.63) is 76.6 Å². The SMILES string of the molecule is Cc1cc(C)n2c(Nc3ccc(C(C)C)cc3)c(-c3ccc(Cl)cc3)nc2n1. The van der Waals surface area contributed by atoms with E-state index in [1.165, 1.54) is 5.56 Å². The molecular weight excluding hydrogens is 368 g/mol. The molecule has 0 atom stereocenters. The summed E-state index contributed by atoms with van der Waals surface area (Å²) in [5, 5.41) is 4.27. The first-order valence-corrected chi connectivity index (χ1v) is 9.80. The molecule has 0 aliphatic heterocycles. The van der Waals surface area contributed by atoms with Crippen molar-refractivity contribution in [2.24, 2.45) is 0 Å². The number of aromatic nitrogens is 3. The summed E-state index contributed by atoms with van der Waals surface area (Å²) in [6, 6.07) is 18.3. The first-order chi connectivity index (χ1) is 13.4. The van der Waals surface area contributed by atoms with Crippen LogP contribution in [0.3, 0.4) is 0 Å². The Kier molecular flexibility index (Phi) is 4.82. The highest BCUT2D eigenvalue weighted by Gasteiger charge is 2.17. The molecule has 4 rings (SSSR count). The van der Waals surface area contributed by atoms with E-state index in [1.54, 1.807) is 0 Å². The van der Waals surface area contributed by atoms with Gasteiger partial charge in [0.25, 0.3) is 0 Å². The third-order valence-electron chi connectivity index (χ3n) is 4.86. The molecule has 0 saturated heterocycles. The second-order valence-corrected chi connectivity index (χ2v) is 7.83. The number of halogens is 1. The molecule has 0 fully saturated rings. The Morgan fingerprint density at radius 3 is 2.25 bits per heavy atom. The number of nitrogens with zero attached hydrogens (tertiary/aromatic N) is 3. The number of hydrogen-bond donors (Lipinski definition) is 1. The molecule has 0 aliphatic rings. The van der Waals surface area contributed by atoms with Gasteiger partial charge < -0.3 is 5.32 Å². The van der Waals surface area contributed by atoms with Crippen LogP contribution >= 0.6 is 11.6 Å². The van der Waals surface area contributed by atoms with E-state index < -0.39 is 0 Å². The standard InChI is InChI=1S/C23H23ClN4/c1-14(2)17-7-11-20(12-8-17)26-22-21(18-5-9-19(24)10-6-18)27-23-25-15(3)13-16(4)28(22)23/h5-14,26H,1-4H3. The predicted octanol–water partition coefficient (Wildman–Crippen LogP) is 6.53. The third-order valence-corrected chi connectivity index (χ3v) is 5.12. The molecule has 0 saturated carbocycles. The number of fused-ring (bicyclic) bond motifs is 1. The maximum Gasteiger partial charge on any atom is 0.236 e. The minimum atomic E-state index is 0.504. The molecule has 2 aromatic heterocycles. The molecule has 4 nitrogen and oxygen atoms in total. The Morgan fingerprint density at radius 1 is 0.929 bits per heavy atom. The Hall–Kier alpha value is -2.85. The number of anilines is 2. The molecule has 142 valence electrons. The van der Waals surface area contributed by atoms with E-state index in [0.717, 1.165) is 34.2 Å². The number of imidazole rings is 1. The lowest BCUT2D eigenvalue weighted by atomic mass is 10.0. The normalized spacial score (nSPS) is 11.4. The van der Waals surface area contributed by atoms with E-state index >= 15 is 0 Å². The molecule has 1 N–H and O–H groups in total. The van der Waals surface area contributed by atoms with Crippen molar-refractivity contribution < 1.29 is 0 Å². The number of nitrogens with one attached hydrogen (secondary N) is 1. The van der Waals surface area contributed by atoms with Crippen molar-refractivity contribution in [1.29, 1.82) is 0 Å². The van der Waals surface area contributed by atoms with Gasteiger partial charge in [-0.05, 0) is 55.7 Å². The van der Waals surface area contributed by atoms with Crippen LogP contribution in [-0.2, 0) is 0 Å². The minimum Gasteiger partial charge on any atom is -0.339 e. The van der Waals surface area contributed by atoms with Crippen LogP contribution in [0, 0.1) is 13.8 Å². The molecule has 0 bridgehead atoms. The lowest BCUT2D eigenvalue weighted by Crippen LogP contribution is -2.02. The van der Waals surface area contributed by atoms with Crippen molar-refractivity contribution in [3.8, 4) is 11.3 Å². The minimum absolute atomic E-state index is 0.504. The summed E-state index contributed by atoms with van der Waals surface area (Å²) in [7, 11) is 0. The van der Waals surface area contributed by atoms with Crippen molar-refractivity contribution in [3.63, 3.8) is 0 Å². The van der Waals surface area contributed by atoms with Crippen LogP contribution in [-0.4, -0.2) is 14.4 Å². The highest BCUT2D eigenvalue weighted by molar-refractivity contribution is 6.30. The average molecular weight is 391 g/mol. The monoisotopic (exact) mass is 390 g/mol. The van der Waals surface area contributed by atoms with Gasteiger partial charge in [-0.25, -0.2) is 9.97 Å². The molecule has 5 heteroatoms. The maximum atomic E-state index is 6.08. The van der Waals surface area contributed by atoms with E-state index in [9.17, 15) is 0 Å². The van der Waals surface area contributed by atoms with Crippen LogP contribution in [0.1, 0.15) is 36.7 Å². The second kappa shape index (κ2) is 7.28. The molecule has 0 unspecified atom stereocenters. The van der Waals surface area contributed by atoms with E-state index in [1.807, 2.05) is 31.2 Å². The highest BCUT2D eigenvalue weighted by atomic mass is 35.5. The summed E-state index contributed by atoms with van der Waals surface area (Å²) in [5.74, 6) is 2.09. The van der Waals surface area contributed by atoms with Crippen molar-refractivity contribution in [1.82, 2.24) is 14.4 Å². The molecule has 0 spiro atoms. The van der Waals surface area contributed by atoms with Crippen LogP contribution in [0.4, 0.5) is 11.5 Å². The molecule has 2 heterocycles. The number of rotatable bonds is 4. The smallest absolute Gasteiger partial charge is 0.236 e. The fraction of sp³-hybridized carbons (Fsp3) is 0.217. The lowest BCUT2D eigenvalue weighted by molar-refractivity contribution is 0.867. The van der Waals surface area contributed by atoms with Gasteiger partial charge in [-0.1, -0.05) is 49.7 Å². The van der Waals surface area contributed by atoms with Gasteiger partial charge in [-0.2, -0.15) is 0 Å². The summed E-state index contributed by atoms with van der Waals surface area (Å²) >= 11 is 6.08. The number of benzene rings is 2. The first kappa shape index (κ1) is 18.5. The van der Waals surface area contributed by atoms with Gasteiger partial charge in [0.05, 0.1) is 0 Å². The zero-order chi connectivity index (χ0) is 19.8. The van der Waals surface area contributed by atoms with Gasteiger partial charge in [0.2, 0.25) is 5.78 Å². The van der Waals surface area contributed by atoms with Crippen LogP contribution in [0.25, 0.3) is 17.0 Å². The maximum absolute atomic E-state index is 6.08. The Balaban J connectivity index is 1.86. The van der Waals surface area contributed by atoms with Gasteiger partial charge >= 0.3 is 0 Å². The molecule has 4 aromatic rings. The van der Waals surface area contributed by atoms with Crippen LogP contribution in [0.2, 0.25) is 5.02 Å². The summed E-state index contributed by atoms with van der Waals surface area (Å²) in [4.78, 5) is 9.45. The molecule has 0 radical (unpaired) electrons. The van der Waals surface area contributed by atoms with E-state index in [4.69, 9.17) is 16.6 Å². The first-order valence-electron chi connectivity index (χ1n) is 9.42. The molecule has 0 aliphatic carbocycles. The third kappa shape index (κ3) is 3.48. The lowest BCUT2D eigenvalue weighted by Gasteiger charge is -2.12.